The van der Waals surface area contributed by atoms with Gasteiger partial charge in [0.15, 0.2) is 0 Å². The van der Waals surface area contributed by atoms with Crippen molar-refractivity contribution in [3.8, 4) is 0 Å². The maximum atomic E-state index is 11.7. The molecule has 0 saturated heterocycles. The average molecular weight is 269 g/mol. The van der Waals surface area contributed by atoms with Gasteiger partial charge in [-0.25, -0.2) is 4.79 Å². The zero-order chi connectivity index (χ0) is 14.5. The van der Waals surface area contributed by atoms with Gasteiger partial charge in [0.25, 0.3) is 0 Å². The standard InChI is InChI=1S/C17H19NO2/c1-12-4-7-15(8-5-12)11-20-17(19)18-16-9-6-13(2)14(3)10-16/h4-10H,11H2,1-3H3,(H,18,19). The number of benzene rings is 2. The van der Waals surface area contributed by atoms with Crippen LogP contribution in [0, 0.1) is 20.8 Å². The Bertz CT molecular complexity index is 603. The van der Waals surface area contributed by atoms with Crippen LogP contribution in [0.15, 0.2) is 42.5 Å². The van der Waals surface area contributed by atoms with Gasteiger partial charge in [0.05, 0.1) is 0 Å². The lowest BCUT2D eigenvalue weighted by Crippen LogP contribution is -2.13. The van der Waals surface area contributed by atoms with E-state index in [0.29, 0.717) is 0 Å². The first-order valence-electron chi connectivity index (χ1n) is 6.61. The first-order valence-corrected chi connectivity index (χ1v) is 6.61. The monoisotopic (exact) mass is 269 g/mol. The van der Waals surface area contributed by atoms with Gasteiger partial charge < -0.3 is 4.74 Å². The van der Waals surface area contributed by atoms with Crippen molar-refractivity contribution in [3.05, 3.63) is 64.7 Å². The average Bonchev–Trinajstić information content (AvgIpc) is 2.42. The van der Waals surface area contributed by atoms with Crippen molar-refractivity contribution in [1.82, 2.24) is 0 Å². The van der Waals surface area contributed by atoms with Gasteiger partial charge in [-0.05, 0) is 49.6 Å². The highest BCUT2D eigenvalue weighted by molar-refractivity contribution is 5.84. The zero-order valence-corrected chi connectivity index (χ0v) is 12.1. The van der Waals surface area contributed by atoms with E-state index in [4.69, 9.17) is 4.74 Å². The number of carbonyl (C=O) groups excluding carboxylic acids is 1. The molecule has 0 fully saturated rings. The predicted molar refractivity (Wildman–Crippen MR) is 80.9 cm³/mol. The van der Waals surface area contributed by atoms with Gasteiger partial charge in [-0.3, -0.25) is 5.32 Å². The van der Waals surface area contributed by atoms with Gasteiger partial charge >= 0.3 is 6.09 Å². The fourth-order valence-corrected chi connectivity index (χ4v) is 1.81. The zero-order valence-electron chi connectivity index (χ0n) is 12.1. The maximum Gasteiger partial charge on any atom is 0.411 e. The Morgan fingerprint density at radius 1 is 1.00 bits per heavy atom. The minimum absolute atomic E-state index is 0.275. The minimum atomic E-state index is -0.436. The van der Waals surface area contributed by atoms with Gasteiger partial charge in [-0.1, -0.05) is 35.9 Å². The Labute approximate surface area is 119 Å². The highest BCUT2D eigenvalue weighted by Crippen LogP contribution is 2.14. The third-order valence-electron chi connectivity index (χ3n) is 3.24. The van der Waals surface area contributed by atoms with Crippen LogP contribution in [0.4, 0.5) is 10.5 Å². The Hall–Kier alpha value is -2.29. The normalized spacial score (nSPS) is 10.2. The van der Waals surface area contributed by atoms with Crippen molar-refractivity contribution in [1.29, 1.82) is 0 Å². The molecule has 1 N–H and O–H groups in total. The number of hydrogen-bond acceptors (Lipinski definition) is 2. The van der Waals surface area contributed by atoms with E-state index < -0.39 is 6.09 Å². The summed E-state index contributed by atoms with van der Waals surface area (Å²) >= 11 is 0. The smallest absolute Gasteiger partial charge is 0.411 e. The number of rotatable bonds is 3. The van der Waals surface area contributed by atoms with Crippen LogP contribution in [0.25, 0.3) is 0 Å². The van der Waals surface area contributed by atoms with E-state index in [1.165, 1.54) is 11.1 Å². The summed E-state index contributed by atoms with van der Waals surface area (Å²) in [5, 5.41) is 2.73. The number of amides is 1. The third-order valence-corrected chi connectivity index (χ3v) is 3.24. The molecule has 0 aliphatic heterocycles. The fraction of sp³-hybridized carbons (Fsp3) is 0.235. The molecule has 3 nitrogen and oxygen atoms in total. The van der Waals surface area contributed by atoms with Crippen LogP contribution >= 0.6 is 0 Å². The molecule has 0 heterocycles. The van der Waals surface area contributed by atoms with E-state index in [0.717, 1.165) is 16.8 Å². The van der Waals surface area contributed by atoms with Gasteiger partial charge in [0.2, 0.25) is 0 Å². The Kier molecular flexibility index (Phi) is 4.41. The fourth-order valence-electron chi connectivity index (χ4n) is 1.81. The number of aryl methyl sites for hydroxylation is 3. The molecule has 2 aromatic carbocycles. The molecule has 2 aromatic rings. The van der Waals surface area contributed by atoms with Gasteiger partial charge in [-0.2, -0.15) is 0 Å². The first-order chi connectivity index (χ1) is 9.54. The second-order valence-electron chi connectivity index (χ2n) is 4.99. The Morgan fingerprint density at radius 2 is 1.70 bits per heavy atom. The molecule has 0 atom stereocenters. The molecule has 104 valence electrons. The SMILES string of the molecule is Cc1ccc(COC(=O)Nc2ccc(C)c(C)c2)cc1. The van der Waals surface area contributed by atoms with Crippen LogP contribution in [0.1, 0.15) is 22.3 Å². The molecule has 3 heteroatoms. The lowest BCUT2D eigenvalue weighted by Gasteiger charge is -2.09. The summed E-state index contributed by atoms with van der Waals surface area (Å²) in [6.45, 7) is 6.35. The van der Waals surface area contributed by atoms with E-state index in [2.05, 4.69) is 5.32 Å². The van der Waals surface area contributed by atoms with Crippen LogP contribution in [0.3, 0.4) is 0 Å². The van der Waals surface area contributed by atoms with Crippen LogP contribution in [-0.4, -0.2) is 6.09 Å². The van der Waals surface area contributed by atoms with Crippen molar-refractivity contribution >= 4 is 11.8 Å². The molecule has 0 radical (unpaired) electrons. The molecule has 0 aromatic heterocycles. The predicted octanol–water partition coefficient (Wildman–Crippen LogP) is 4.36. The number of ether oxygens (including phenoxy) is 1. The molecule has 0 aliphatic carbocycles. The van der Waals surface area contributed by atoms with Crippen molar-refractivity contribution < 1.29 is 9.53 Å². The minimum Gasteiger partial charge on any atom is -0.444 e. The number of nitrogens with one attached hydrogen (secondary N) is 1. The second kappa shape index (κ2) is 6.24. The van der Waals surface area contributed by atoms with Gasteiger partial charge in [0, 0.05) is 5.69 Å². The van der Waals surface area contributed by atoms with E-state index in [9.17, 15) is 4.79 Å². The molecule has 1 amide bonds. The van der Waals surface area contributed by atoms with Crippen LogP contribution < -0.4 is 5.32 Å². The van der Waals surface area contributed by atoms with E-state index in [-0.39, 0.29) is 6.61 Å². The van der Waals surface area contributed by atoms with Crippen LogP contribution in [-0.2, 0) is 11.3 Å². The van der Waals surface area contributed by atoms with Crippen molar-refractivity contribution in [2.24, 2.45) is 0 Å². The Balaban J connectivity index is 1.89. The summed E-state index contributed by atoms with van der Waals surface area (Å²) in [5.74, 6) is 0. The molecule has 0 bridgehead atoms. The summed E-state index contributed by atoms with van der Waals surface area (Å²) in [7, 11) is 0. The molecule has 20 heavy (non-hydrogen) atoms. The molecule has 0 aliphatic rings. The summed E-state index contributed by atoms with van der Waals surface area (Å²) in [6.07, 6.45) is -0.436. The van der Waals surface area contributed by atoms with Gasteiger partial charge in [-0.15, -0.1) is 0 Å². The second-order valence-corrected chi connectivity index (χ2v) is 4.99. The number of hydrogen-bond donors (Lipinski definition) is 1. The summed E-state index contributed by atoms with van der Waals surface area (Å²) < 4.78 is 5.19. The number of anilines is 1. The van der Waals surface area contributed by atoms with E-state index in [1.54, 1.807) is 0 Å². The van der Waals surface area contributed by atoms with E-state index in [1.807, 2.05) is 63.2 Å². The maximum absolute atomic E-state index is 11.7. The lowest BCUT2D eigenvalue weighted by molar-refractivity contribution is 0.155. The van der Waals surface area contributed by atoms with Crippen molar-refractivity contribution in [3.63, 3.8) is 0 Å². The van der Waals surface area contributed by atoms with Crippen molar-refractivity contribution in [2.75, 3.05) is 5.32 Å². The number of carbonyl (C=O) groups is 1. The van der Waals surface area contributed by atoms with Gasteiger partial charge in [0.1, 0.15) is 6.61 Å². The molecule has 0 spiro atoms. The molecular weight excluding hydrogens is 250 g/mol. The van der Waals surface area contributed by atoms with Crippen molar-refractivity contribution in [2.45, 2.75) is 27.4 Å². The molecule has 0 unspecified atom stereocenters. The first kappa shape index (κ1) is 14.1. The van der Waals surface area contributed by atoms with Crippen LogP contribution in [0.2, 0.25) is 0 Å². The molecule has 2 rings (SSSR count). The lowest BCUT2D eigenvalue weighted by atomic mass is 10.1. The summed E-state index contributed by atoms with van der Waals surface area (Å²) in [5.41, 5.74) is 5.26. The third kappa shape index (κ3) is 3.85. The quantitative estimate of drug-likeness (QED) is 0.899. The summed E-state index contributed by atoms with van der Waals surface area (Å²) in [6, 6.07) is 13.7. The largest absolute Gasteiger partial charge is 0.444 e. The Morgan fingerprint density at radius 3 is 2.35 bits per heavy atom. The highest BCUT2D eigenvalue weighted by Gasteiger charge is 2.04. The summed E-state index contributed by atoms with van der Waals surface area (Å²) in [4.78, 5) is 11.7. The highest BCUT2D eigenvalue weighted by atomic mass is 16.5. The van der Waals surface area contributed by atoms with E-state index >= 15 is 0 Å². The van der Waals surface area contributed by atoms with Crippen LogP contribution in [0.5, 0.6) is 0 Å². The topological polar surface area (TPSA) is 38.3 Å². The molecule has 0 saturated carbocycles. The molecular formula is C17H19NO2.